The highest BCUT2D eigenvalue weighted by Gasteiger charge is 2.23. The van der Waals surface area contributed by atoms with Crippen LogP contribution in [-0.2, 0) is 11.3 Å². The summed E-state index contributed by atoms with van der Waals surface area (Å²) in [5, 5.41) is 3.39. The number of rotatable bonds is 6. The van der Waals surface area contributed by atoms with Crippen LogP contribution in [0.1, 0.15) is 42.5 Å². The molecule has 1 atom stereocenters. The van der Waals surface area contributed by atoms with Gasteiger partial charge in [-0.25, -0.2) is 4.79 Å². The van der Waals surface area contributed by atoms with Crippen LogP contribution in [0.4, 0.5) is 0 Å². The fourth-order valence-corrected chi connectivity index (χ4v) is 1.89. The molecule has 4 nitrogen and oxygen atoms in total. The van der Waals surface area contributed by atoms with Crippen LogP contribution in [0, 0.1) is 5.92 Å². The van der Waals surface area contributed by atoms with Crippen LogP contribution in [0.25, 0.3) is 0 Å². The molecule has 1 N–H and O–H groups in total. The molecule has 4 heteroatoms. The molecule has 1 aliphatic rings. The molecule has 0 aromatic carbocycles. The number of carbonyl (C=O) groups is 1. The first-order chi connectivity index (χ1) is 8.19. The fourth-order valence-electron chi connectivity index (χ4n) is 1.89. The Hall–Kier alpha value is -1.29. The SMILES string of the molecule is COC(=O)c1ccc(CNC(C)CC2CC2)o1. The second kappa shape index (κ2) is 5.36. The van der Waals surface area contributed by atoms with Crippen molar-refractivity contribution in [2.45, 2.75) is 38.8 Å². The summed E-state index contributed by atoms with van der Waals surface area (Å²) in [6.07, 6.45) is 3.98. The number of esters is 1. The zero-order valence-corrected chi connectivity index (χ0v) is 10.4. The lowest BCUT2D eigenvalue weighted by molar-refractivity contribution is 0.0563. The van der Waals surface area contributed by atoms with Gasteiger partial charge < -0.3 is 14.5 Å². The van der Waals surface area contributed by atoms with Crippen molar-refractivity contribution in [2.75, 3.05) is 7.11 Å². The number of nitrogens with one attached hydrogen (secondary N) is 1. The summed E-state index contributed by atoms with van der Waals surface area (Å²) < 4.78 is 9.95. The van der Waals surface area contributed by atoms with Gasteiger partial charge in [0.05, 0.1) is 13.7 Å². The van der Waals surface area contributed by atoms with Gasteiger partial charge in [-0.05, 0) is 31.4 Å². The molecule has 94 valence electrons. The Bertz CT molecular complexity index is 382. The predicted molar refractivity (Wildman–Crippen MR) is 63.7 cm³/mol. The van der Waals surface area contributed by atoms with Crippen LogP contribution in [0.15, 0.2) is 16.5 Å². The third kappa shape index (κ3) is 3.60. The maximum atomic E-state index is 11.2. The zero-order valence-electron chi connectivity index (χ0n) is 10.4. The molecule has 0 saturated heterocycles. The summed E-state index contributed by atoms with van der Waals surface area (Å²) in [5.74, 6) is 1.52. The van der Waals surface area contributed by atoms with E-state index in [1.165, 1.54) is 26.4 Å². The van der Waals surface area contributed by atoms with E-state index >= 15 is 0 Å². The van der Waals surface area contributed by atoms with Gasteiger partial charge in [0.2, 0.25) is 5.76 Å². The maximum Gasteiger partial charge on any atom is 0.373 e. The third-order valence-electron chi connectivity index (χ3n) is 3.06. The van der Waals surface area contributed by atoms with Crippen LogP contribution in [0.3, 0.4) is 0 Å². The fraction of sp³-hybridized carbons (Fsp3) is 0.615. The molecule has 1 aromatic rings. The van der Waals surface area contributed by atoms with E-state index in [1.807, 2.05) is 6.07 Å². The van der Waals surface area contributed by atoms with Gasteiger partial charge in [0.1, 0.15) is 5.76 Å². The van der Waals surface area contributed by atoms with Crippen molar-refractivity contribution >= 4 is 5.97 Å². The zero-order chi connectivity index (χ0) is 12.3. The first-order valence-corrected chi connectivity index (χ1v) is 6.09. The lowest BCUT2D eigenvalue weighted by atomic mass is 10.1. The lowest BCUT2D eigenvalue weighted by Gasteiger charge is -2.11. The van der Waals surface area contributed by atoms with Crippen LogP contribution in [-0.4, -0.2) is 19.1 Å². The van der Waals surface area contributed by atoms with Gasteiger partial charge in [0, 0.05) is 6.04 Å². The number of hydrogen-bond acceptors (Lipinski definition) is 4. The van der Waals surface area contributed by atoms with E-state index in [-0.39, 0.29) is 5.76 Å². The van der Waals surface area contributed by atoms with Gasteiger partial charge in [0.25, 0.3) is 0 Å². The van der Waals surface area contributed by atoms with Gasteiger partial charge in [0.15, 0.2) is 0 Å². The predicted octanol–water partition coefficient (Wildman–Crippen LogP) is 2.34. The van der Waals surface area contributed by atoms with E-state index in [4.69, 9.17) is 4.42 Å². The van der Waals surface area contributed by atoms with Crippen molar-refractivity contribution in [3.05, 3.63) is 23.7 Å². The van der Waals surface area contributed by atoms with E-state index in [2.05, 4.69) is 17.0 Å². The molecule has 1 fully saturated rings. The second-order valence-electron chi connectivity index (χ2n) is 4.72. The maximum absolute atomic E-state index is 11.2. The smallest absolute Gasteiger partial charge is 0.373 e. The highest BCUT2D eigenvalue weighted by atomic mass is 16.5. The molecular weight excluding hydrogens is 218 g/mol. The van der Waals surface area contributed by atoms with Crippen LogP contribution in [0.5, 0.6) is 0 Å². The van der Waals surface area contributed by atoms with E-state index in [0.29, 0.717) is 12.6 Å². The minimum absolute atomic E-state index is 0.263. The minimum atomic E-state index is -0.428. The molecule has 0 spiro atoms. The molecular formula is C13H19NO3. The molecule has 1 aliphatic carbocycles. The molecule has 0 amide bonds. The Kier molecular flexibility index (Phi) is 3.84. The van der Waals surface area contributed by atoms with E-state index in [1.54, 1.807) is 6.07 Å². The van der Waals surface area contributed by atoms with Gasteiger partial charge in [-0.15, -0.1) is 0 Å². The van der Waals surface area contributed by atoms with Gasteiger partial charge >= 0.3 is 5.97 Å². The quantitative estimate of drug-likeness (QED) is 0.772. The molecule has 1 saturated carbocycles. The first-order valence-electron chi connectivity index (χ1n) is 6.09. The molecule has 17 heavy (non-hydrogen) atoms. The number of hydrogen-bond donors (Lipinski definition) is 1. The highest BCUT2D eigenvalue weighted by Crippen LogP contribution is 2.33. The van der Waals surface area contributed by atoms with Crippen molar-refractivity contribution in [3.8, 4) is 0 Å². The van der Waals surface area contributed by atoms with Crippen molar-refractivity contribution < 1.29 is 13.9 Å². The summed E-state index contributed by atoms with van der Waals surface area (Å²) in [6.45, 7) is 2.84. The largest absolute Gasteiger partial charge is 0.463 e. The van der Waals surface area contributed by atoms with E-state index in [9.17, 15) is 4.79 Å². The lowest BCUT2D eigenvalue weighted by Crippen LogP contribution is -2.25. The molecule has 1 heterocycles. The number of furan rings is 1. The van der Waals surface area contributed by atoms with E-state index in [0.717, 1.165) is 11.7 Å². The van der Waals surface area contributed by atoms with Crippen molar-refractivity contribution in [3.63, 3.8) is 0 Å². The van der Waals surface area contributed by atoms with Crippen molar-refractivity contribution in [1.29, 1.82) is 0 Å². The average Bonchev–Trinajstić information content (AvgIpc) is 3.00. The standard InChI is InChI=1S/C13H19NO3/c1-9(7-10-3-4-10)14-8-11-5-6-12(17-11)13(15)16-2/h5-6,9-10,14H,3-4,7-8H2,1-2H3. The molecule has 1 aromatic heterocycles. The molecule has 0 radical (unpaired) electrons. The van der Waals surface area contributed by atoms with Crippen LogP contribution < -0.4 is 5.32 Å². The normalized spacial score (nSPS) is 16.8. The Morgan fingerprint density at radius 2 is 2.35 bits per heavy atom. The minimum Gasteiger partial charge on any atom is -0.463 e. The molecule has 0 bridgehead atoms. The average molecular weight is 237 g/mol. The highest BCUT2D eigenvalue weighted by molar-refractivity contribution is 5.86. The van der Waals surface area contributed by atoms with Crippen LogP contribution >= 0.6 is 0 Å². The van der Waals surface area contributed by atoms with Gasteiger partial charge in [-0.2, -0.15) is 0 Å². The number of carbonyl (C=O) groups excluding carboxylic acids is 1. The summed E-state index contributed by atoms with van der Waals surface area (Å²) in [6, 6.07) is 3.95. The Morgan fingerprint density at radius 3 is 3.00 bits per heavy atom. The van der Waals surface area contributed by atoms with Crippen molar-refractivity contribution in [1.82, 2.24) is 5.32 Å². The monoisotopic (exact) mass is 237 g/mol. The summed E-state index contributed by atoms with van der Waals surface area (Å²) in [7, 11) is 1.35. The number of ether oxygens (including phenoxy) is 1. The molecule has 2 rings (SSSR count). The molecule has 1 unspecified atom stereocenters. The van der Waals surface area contributed by atoms with Crippen LogP contribution in [0.2, 0.25) is 0 Å². The number of methoxy groups -OCH3 is 1. The van der Waals surface area contributed by atoms with Crippen molar-refractivity contribution in [2.24, 2.45) is 5.92 Å². The third-order valence-corrected chi connectivity index (χ3v) is 3.06. The van der Waals surface area contributed by atoms with Gasteiger partial charge in [-0.3, -0.25) is 0 Å². The molecule has 0 aliphatic heterocycles. The summed E-state index contributed by atoms with van der Waals surface area (Å²) in [5.41, 5.74) is 0. The Labute approximate surface area is 101 Å². The second-order valence-corrected chi connectivity index (χ2v) is 4.72. The first kappa shape index (κ1) is 12.2. The topological polar surface area (TPSA) is 51.5 Å². The summed E-state index contributed by atoms with van der Waals surface area (Å²) in [4.78, 5) is 11.2. The summed E-state index contributed by atoms with van der Waals surface area (Å²) >= 11 is 0. The van der Waals surface area contributed by atoms with Gasteiger partial charge in [-0.1, -0.05) is 12.8 Å². The Morgan fingerprint density at radius 1 is 1.59 bits per heavy atom. The Balaban J connectivity index is 1.77. The van der Waals surface area contributed by atoms with E-state index < -0.39 is 5.97 Å².